The Kier molecular flexibility index (Phi) is 7.71. The molecule has 0 aliphatic rings. The van der Waals surface area contributed by atoms with E-state index in [9.17, 15) is 0 Å². The molecule has 0 saturated heterocycles. The minimum absolute atomic E-state index is 0.578. The highest BCUT2D eigenvalue weighted by Crippen LogP contribution is 2.30. The number of anilines is 1. The fraction of sp³-hybridized carbons (Fsp3) is 0.304. The summed E-state index contributed by atoms with van der Waals surface area (Å²) in [4.78, 5) is 8.78. The lowest BCUT2D eigenvalue weighted by molar-refractivity contribution is 0.311. The van der Waals surface area contributed by atoms with Crippen molar-refractivity contribution in [2.75, 3.05) is 25.6 Å². The van der Waals surface area contributed by atoms with Crippen molar-refractivity contribution >= 4 is 11.6 Å². The molecule has 0 saturated carbocycles. The number of imidazole rings is 1. The van der Waals surface area contributed by atoms with Gasteiger partial charge in [0.2, 0.25) is 0 Å². The molecule has 30 heavy (non-hydrogen) atoms. The van der Waals surface area contributed by atoms with Crippen LogP contribution in [0.25, 0.3) is 0 Å². The molecule has 0 bridgehead atoms. The topological polar surface area (TPSA) is 72.7 Å². The number of nitrogens with one attached hydrogen (secondary N) is 2. The van der Waals surface area contributed by atoms with E-state index < -0.39 is 0 Å². The Labute approximate surface area is 177 Å². The summed E-state index contributed by atoms with van der Waals surface area (Å²) in [6.45, 7) is 6.74. The van der Waals surface area contributed by atoms with Gasteiger partial charge in [0.25, 0.3) is 0 Å². The van der Waals surface area contributed by atoms with Gasteiger partial charge in [0, 0.05) is 37.2 Å². The van der Waals surface area contributed by atoms with Crippen LogP contribution < -0.4 is 20.1 Å². The first-order valence-electron chi connectivity index (χ1n) is 10.1. The zero-order chi connectivity index (χ0) is 21.2. The average Bonchev–Trinajstić information content (AvgIpc) is 3.27. The van der Waals surface area contributed by atoms with Crippen molar-refractivity contribution in [2.45, 2.75) is 26.9 Å². The van der Waals surface area contributed by atoms with Crippen molar-refractivity contribution in [3.05, 3.63) is 72.3 Å². The summed E-state index contributed by atoms with van der Waals surface area (Å²) in [6, 6.07) is 14.2. The van der Waals surface area contributed by atoms with E-state index in [0.717, 1.165) is 30.1 Å². The Morgan fingerprint density at radius 3 is 2.53 bits per heavy atom. The molecule has 158 valence electrons. The van der Waals surface area contributed by atoms with Crippen molar-refractivity contribution in [1.82, 2.24) is 14.9 Å². The molecule has 0 unspecified atom stereocenters. The van der Waals surface area contributed by atoms with Gasteiger partial charge >= 0.3 is 0 Å². The Bertz CT molecular complexity index is 937. The normalized spacial score (nSPS) is 11.2. The van der Waals surface area contributed by atoms with Gasteiger partial charge in [-0.1, -0.05) is 24.3 Å². The molecule has 7 heteroatoms. The predicted molar refractivity (Wildman–Crippen MR) is 120 cm³/mol. The third-order valence-electron chi connectivity index (χ3n) is 4.44. The van der Waals surface area contributed by atoms with Crippen molar-refractivity contribution in [3.63, 3.8) is 0 Å². The van der Waals surface area contributed by atoms with Crippen LogP contribution in [-0.4, -0.2) is 35.8 Å². The SMILES string of the molecule is CCNC(=NCc1ccc(Cn2ccnc2)cc1)Nc1ccc(OCC)c(OC)c1. The number of ether oxygens (including phenoxy) is 2. The van der Waals surface area contributed by atoms with Crippen molar-refractivity contribution in [3.8, 4) is 11.5 Å². The summed E-state index contributed by atoms with van der Waals surface area (Å²) in [5.41, 5.74) is 3.25. The van der Waals surface area contributed by atoms with Crippen LogP contribution in [0.3, 0.4) is 0 Å². The van der Waals surface area contributed by atoms with E-state index in [1.807, 2.05) is 49.1 Å². The molecule has 1 aromatic heterocycles. The molecule has 3 rings (SSSR count). The quantitative estimate of drug-likeness (QED) is 0.416. The molecule has 1 heterocycles. The molecule has 2 aromatic carbocycles. The molecule has 0 amide bonds. The fourth-order valence-electron chi connectivity index (χ4n) is 2.98. The minimum Gasteiger partial charge on any atom is -0.493 e. The van der Waals surface area contributed by atoms with E-state index in [4.69, 9.17) is 14.5 Å². The van der Waals surface area contributed by atoms with Crippen LogP contribution in [0.2, 0.25) is 0 Å². The van der Waals surface area contributed by atoms with Crippen LogP contribution in [0.15, 0.2) is 66.2 Å². The molecule has 0 fully saturated rings. The van der Waals surface area contributed by atoms with Gasteiger partial charge in [-0.25, -0.2) is 9.98 Å². The van der Waals surface area contributed by atoms with Gasteiger partial charge in [-0.3, -0.25) is 0 Å². The molecular formula is C23H29N5O2. The maximum absolute atomic E-state index is 5.58. The number of aliphatic imine (C=N–C) groups is 1. The standard InChI is InChI=1S/C23H29N5O2/c1-4-25-23(27-20-10-11-21(30-5-2)22(14-20)29-3)26-15-18-6-8-19(9-7-18)16-28-13-12-24-17-28/h6-14,17H,4-5,15-16H2,1-3H3,(H2,25,26,27). The lowest BCUT2D eigenvalue weighted by Gasteiger charge is -2.14. The molecular weight excluding hydrogens is 378 g/mol. The third-order valence-corrected chi connectivity index (χ3v) is 4.44. The third kappa shape index (κ3) is 6.01. The minimum atomic E-state index is 0.578. The van der Waals surface area contributed by atoms with Crippen LogP contribution in [0.4, 0.5) is 5.69 Å². The highest BCUT2D eigenvalue weighted by atomic mass is 16.5. The van der Waals surface area contributed by atoms with Crippen molar-refractivity contribution < 1.29 is 9.47 Å². The summed E-state index contributed by atoms with van der Waals surface area (Å²) >= 11 is 0. The summed E-state index contributed by atoms with van der Waals surface area (Å²) in [5.74, 6) is 2.13. The van der Waals surface area contributed by atoms with Crippen LogP contribution in [0, 0.1) is 0 Å². The van der Waals surface area contributed by atoms with Crippen molar-refractivity contribution in [1.29, 1.82) is 0 Å². The number of hydrogen-bond acceptors (Lipinski definition) is 4. The number of guanidine groups is 1. The number of rotatable bonds is 9. The predicted octanol–water partition coefficient (Wildman–Crippen LogP) is 3.92. The molecule has 0 aliphatic carbocycles. The van der Waals surface area contributed by atoms with Gasteiger partial charge in [0.1, 0.15) is 0 Å². The van der Waals surface area contributed by atoms with E-state index in [0.29, 0.717) is 24.9 Å². The summed E-state index contributed by atoms with van der Waals surface area (Å²) in [7, 11) is 1.64. The Morgan fingerprint density at radius 1 is 1.07 bits per heavy atom. The first-order chi connectivity index (χ1) is 14.7. The number of aromatic nitrogens is 2. The number of hydrogen-bond donors (Lipinski definition) is 2. The largest absolute Gasteiger partial charge is 0.493 e. The Hall–Kier alpha value is -3.48. The number of methoxy groups -OCH3 is 1. The zero-order valence-electron chi connectivity index (χ0n) is 17.8. The number of benzene rings is 2. The lowest BCUT2D eigenvalue weighted by atomic mass is 10.1. The maximum Gasteiger partial charge on any atom is 0.196 e. The first kappa shape index (κ1) is 21.2. The molecule has 0 spiro atoms. The second-order valence-corrected chi connectivity index (χ2v) is 6.67. The molecule has 2 N–H and O–H groups in total. The van der Waals surface area contributed by atoms with Gasteiger partial charge in [-0.15, -0.1) is 0 Å². The monoisotopic (exact) mass is 407 g/mol. The van der Waals surface area contributed by atoms with E-state index in [1.165, 1.54) is 5.56 Å². The van der Waals surface area contributed by atoms with Gasteiger partial charge in [-0.2, -0.15) is 0 Å². The van der Waals surface area contributed by atoms with Crippen LogP contribution in [-0.2, 0) is 13.1 Å². The second-order valence-electron chi connectivity index (χ2n) is 6.67. The van der Waals surface area contributed by atoms with Crippen LogP contribution in [0.1, 0.15) is 25.0 Å². The summed E-state index contributed by atoms with van der Waals surface area (Å²) in [5, 5.41) is 6.60. The summed E-state index contributed by atoms with van der Waals surface area (Å²) in [6.07, 6.45) is 5.57. The van der Waals surface area contributed by atoms with Crippen LogP contribution >= 0.6 is 0 Å². The summed E-state index contributed by atoms with van der Waals surface area (Å²) < 4.78 is 13.1. The Balaban J connectivity index is 1.65. The molecule has 0 radical (unpaired) electrons. The molecule has 3 aromatic rings. The van der Waals surface area contributed by atoms with Gasteiger partial charge in [0.05, 0.1) is 26.6 Å². The molecule has 0 atom stereocenters. The average molecular weight is 408 g/mol. The molecule has 0 aliphatic heterocycles. The van der Waals surface area contributed by atoms with E-state index >= 15 is 0 Å². The maximum atomic E-state index is 5.58. The highest BCUT2D eigenvalue weighted by Gasteiger charge is 2.07. The van der Waals surface area contributed by atoms with E-state index in [1.54, 1.807) is 13.3 Å². The lowest BCUT2D eigenvalue weighted by Crippen LogP contribution is -2.30. The van der Waals surface area contributed by atoms with Crippen LogP contribution in [0.5, 0.6) is 11.5 Å². The second kappa shape index (κ2) is 10.9. The zero-order valence-corrected chi connectivity index (χ0v) is 17.8. The van der Waals surface area contributed by atoms with Gasteiger partial charge in [-0.05, 0) is 37.1 Å². The fourth-order valence-corrected chi connectivity index (χ4v) is 2.98. The highest BCUT2D eigenvalue weighted by molar-refractivity contribution is 5.93. The molecule has 7 nitrogen and oxygen atoms in total. The van der Waals surface area contributed by atoms with E-state index in [-0.39, 0.29) is 0 Å². The van der Waals surface area contributed by atoms with E-state index in [2.05, 4.69) is 39.9 Å². The van der Waals surface area contributed by atoms with Crippen molar-refractivity contribution in [2.24, 2.45) is 4.99 Å². The Morgan fingerprint density at radius 2 is 1.87 bits per heavy atom. The smallest absolute Gasteiger partial charge is 0.196 e. The first-order valence-corrected chi connectivity index (χ1v) is 10.1. The van der Waals surface area contributed by atoms with Gasteiger partial charge in [0.15, 0.2) is 17.5 Å². The number of nitrogens with zero attached hydrogens (tertiary/aromatic N) is 3. The van der Waals surface area contributed by atoms with Gasteiger partial charge < -0.3 is 24.7 Å².